The Kier molecular flexibility index (Phi) is 6.90. The van der Waals surface area contributed by atoms with Gasteiger partial charge in [0.05, 0.1) is 23.4 Å². The number of halogens is 2. The van der Waals surface area contributed by atoms with Crippen LogP contribution >= 0.6 is 11.6 Å². The molecule has 1 aromatic heterocycles. The van der Waals surface area contributed by atoms with Crippen LogP contribution in [0.1, 0.15) is 54.6 Å². The molecule has 0 radical (unpaired) electrons. The second-order valence-corrected chi connectivity index (χ2v) is 7.72. The van der Waals surface area contributed by atoms with E-state index in [2.05, 4.69) is 10.5 Å². The van der Waals surface area contributed by atoms with Gasteiger partial charge in [0.1, 0.15) is 11.4 Å². The molecule has 1 aliphatic carbocycles. The van der Waals surface area contributed by atoms with E-state index in [1.165, 1.54) is 25.3 Å². The summed E-state index contributed by atoms with van der Waals surface area (Å²) in [7, 11) is 1.37. The Morgan fingerprint density at radius 1 is 1.34 bits per heavy atom. The summed E-state index contributed by atoms with van der Waals surface area (Å²) in [6.07, 6.45) is 4.76. The maximum Gasteiger partial charge on any atom is 0.305 e. The number of carbonyl (C=O) groups is 2. The van der Waals surface area contributed by atoms with Crippen molar-refractivity contribution < 1.29 is 23.2 Å². The average molecular weight is 423 g/mol. The lowest BCUT2D eigenvalue weighted by molar-refractivity contribution is -0.141. The highest BCUT2D eigenvalue weighted by Crippen LogP contribution is 2.35. The Bertz CT molecular complexity index is 879. The lowest BCUT2D eigenvalue weighted by Gasteiger charge is -2.32. The second kappa shape index (κ2) is 9.39. The number of aromatic nitrogens is 1. The van der Waals surface area contributed by atoms with Crippen LogP contribution in [-0.2, 0) is 9.53 Å². The summed E-state index contributed by atoms with van der Waals surface area (Å²) in [5.74, 6) is -1.03. The van der Waals surface area contributed by atoms with Crippen molar-refractivity contribution in [2.75, 3.05) is 7.11 Å². The molecule has 0 bridgehead atoms. The van der Waals surface area contributed by atoms with Crippen molar-refractivity contribution in [3.05, 3.63) is 40.3 Å². The maximum absolute atomic E-state index is 14.4. The summed E-state index contributed by atoms with van der Waals surface area (Å²) < 4.78 is 24.4. The number of amides is 1. The number of nitrogens with one attached hydrogen (secondary N) is 1. The monoisotopic (exact) mass is 422 g/mol. The van der Waals surface area contributed by atoms with E-state index in [0.29, 0.717) is 18.5 Å². The normalized spacial score (nSPS) is 19.0. The van der Waals surface area contributed by atoms with Crippen molar-refractivity contribution in [2.45, 2.75) is 51.5 Å². The highest BCUT2D eigenvalue weighted by atomic mass is 35.5. The van der Waals surface area contributed by atoms with Gasteiger partial charge in [-0.3, -0.25) is 9.59 Å². The minimum absolute atomic E-state index is 0.0185. The summed E-state index contributed by atoms with van der Waals surface area (Å²) in [5.41, 5.74) is 0.554. The summed E-state index contributed by atoms with van der Waals surface area (Å²) in [6, 6.07) is 4.19. The van der Waals surface area contributed by atoms with Crippen LogP contribution in [0.4, 0.5) is 4.39 Å². The molecule has 1 aromatic carbocycles. The van der Waals surface area contributed by atoms with Crippen molar-refractivity contribution in [2.24, 2.45) is 5.92 Å². The van der Waals surface area contributed by atoms with Crippen LogP contribution in [-0.4, -0.2) is 30.2 Å². The van der Waals surface area contributed by atoms with Crippen LogP contribution in [0.5, 0.6) is 0 Å². The molecule has 1 saturated carbocycles. The molecule has 0 spiro atoms. The van der Waals surface area contributed by atoms with Gasteiger partial charge >= 0.3 is 5.97 Å². The number of methoxy groups -OCH3 is 1. The van der Waals surface area contributed by atoms with Gasteiger partial charge in [-0.15, -0.1) is 0 Å². The zero-order valence-electron chi connectivity index (χ0n) is 16.5. The van der Waals surface area contributed by atoms with Crippen LogP contribution < -0.4 is 5.32 Å². The molecule has 1 heterocycles. The molecule has 8 heteroatoms. The molecule has 1 N–H and O–H groups in total. The van der Waals surface area contributed by atoms with E-state index in [9.17, 15) is 14.0 Å². The summed E-state index contributed by atoms with van der Waals surface area (Å²) in [6.45, 7) is 1.63. The van der Waals surface area contributed by atoms with Gasteiger partial charge in [0.2, 0.25) is 0 Å². The lowest BCUT2D eigenvalue weighted by Crippen LogP contribution is -2.42. The third-order valence-electron chi connectivity index (χ3n) is 5.45. The van der Waals surface area contributed by atoms with Gasteiger partial charge in [-0.05, 0) is 44.2 Å². The minimum atomic E-state index is -0.587. The molecule has 0 saturated heterocycles. The van der Waals surface area contributed by atoms with Crippen LogP contribution in [0.15, 0.2) is 22.7 Å². The van der Waals surface area contributed by atoms with E-state index in [4.69, 9.17) is 20.9 Å². The molecular weight excluding hydrogens is 399 g/mol. The van der Waals surface area contributed by atoms with Gasteiger partial charge in [0.15, 0.2) is 5.76 Å². The summed E-state index contributed by atoms with van der Waals surface area (Å²) in [4.78, 5) is 24.6. The summed E-state index contributed by atoms with van der Waals surface area (Å²) in [5, 5.41) is 7.05. The molecule has 6 nitrogen and oxygen atoms in total. The molecule has 1 amide bonds. The Labute approximate surface area is 173 Å². The number of hydrogen-bond acceptors (Lipinski definition) is 5. The van der Waals surface area contributed by atoms with E-state index in [-0.39, 0.29) is 45.7 Å². The molecule has 29 heavy (non-hydrogen) atoms. The maximum atomic E-state index is 14.4. The van der Waals surface area contributed by atoms with E-state index in [0.717, 1.165) is 25.7 Å². The molecule has 2 aromatic rings. The van der Waals surface area contributed by atoms with Gasteiger partial charge in [-0.2, -0.15) is 0 Å². The van der Waals surface area contributed by atoms with Crippen LogP contribution in [0.2, 0.25) is 5.02 Å². The average Bonchev–Trinajstić information content (AvgIpc) is 3.08. The fourth-order valence-corrected chi connectivity index (χ4v) is 4.16. The lowest BCUT2D eigenvalue weighted by atomic mass is 9.81. The molecular formula is C21H24ClFN2O4. The highest BCUT2D eigenvalue weighted by molar-refractivity contribution is 6.33. The van der Waals surface area contributed by atoms with Gasteiger partial charge in [-0.1, -0.05) is 35.7 Å². The standard InChI is InChI=1S/C21H24ClFN2O4/c1-12-18(20(29-25-12)19-14(22)7-5-8-15(19)23)21(27)24-16-9-4-3-6-13(16)10-11-17(26)28-2/h5,7-8,13,16H,3-4,6,9-11H2,1-2H3,(H,24,27)/t13-,16-/m0/s1. The Hall–Kier alpha value is -2.41. The number of esters is 1. The highest BCUT2D eigenvalue weighted by Gasteiger charge is 2.31. The van der Waals surface area contributed by atoms with Crippen LogP contribution in [0.25, 0.3) is 11.3 Å². The van der Waals surface area contributed by atoms with E-state index in [1.54, 1.807) is 6.92 Å². The fraction of sp³-hybridized carbons (Fsp3) is 0.476. The van der Waals surface area contributed by atoms with E-state index in [1.807, 2.05) is 0 Å². The predicted molar refractivity (Wildman–Crippen MR) is 106 cm³/mol. The SMILES string of the molecule is COC(=O)CC[C@@H]1CCCC[C@@H]1NC(=O)c1c(C)noc1-c1c(F)cccc1Cl. The number of rotatable bonds is 6. The predicted octanol–water partition coefficient (Wildman–Crippen LogP) is 4.68. The first-order valence-electron chi connectivity index (χ1n) is 9.70. The quantitative estimate of drug-likeness (QED) is 0.683. The van der Waals surface area contributed by atoms with Crippen molar-refractivity contribution in [1.82, 2.24) is 10.5 Å². The first-order chi connectivity index (χ1) is 13.9. The topological polar surface area (TPSA) is 81.4 Å². The molecule has 156 valence electrons. The van der Waals surface area contributed by atoms with E-state index >= 15 is 0 Å². The van der Waals surface area contributed by atoms with Crippen molar-refractivity contribution in [3.63, 3.8) is 0 Å². The van der Waals surface area contributed by atoms with Crippen molar-refractivity contribution >= 4 is 23.5 Å². The minimum Gasteiger partial charge on any atom is -0.469 e. The van der Waals surface area contributed by atoms with Gasteiger partial charge < -0.3 is 14.6 Å². The molecule has 0 aliphatic heterocycles. The molecule has 1 aliphatic rings. The Morgan fingerprint density at radius 2 is 2.10 bits per heavy atom. The van der Waals surface area contributed by atoms with Crippen LogP contribution in [0, 0.1) is 18.7 Å². The van der Waals surface area contributed by atoms with Gasteiger partial charge in [0.25, 0.3) is 5.91 Å². The van der Waals surface area contributed by atoms with Crippen LogP contribution in [0.3, 0.4) is 0 Å². The molecule has 1 fully saturated rings. The third-order valence-corrected chi connectivity index (χ3v) is 5.77. The smallest absolute Gasteiger partial charge is 0.305 e. The number of nitrogens with zero attached hydrogens (tertiary/aromatic N) is 1. The number of ether oxygens (including phenoxy) is 1. The van der Waals surface area contributed by atoms with Crippen molar-refractivity contribution in [3.8, 4) is 11.3 Å². The van der Waals surface area contributed by atoms with Gasteiger partial charge in [0, 0.05) is 12.5 Å². The second-order valence-electron chi connectivity index (χ2n) is 7.31. The zero-order chi connectivity index (χ0) is 21.0. The molecule has 3 rings (SSSR count). The number of aryl methyl sites for hydroxylation is 1. The summed E-state index contributed by atoms with van der Waals surface area (Å²) >= 11 is 6.15. The fourth-order valence-electron chi connectivity index (χ4n) is 3.91. The Morgan fingerprint density at radius 3 is 2.83 bits per heavy atom. The van der Waals surface area contributed by atoms with E-state index < -0.39 is 5.82 Å². The molecule has 2 atom stereocenters. The first-order valence-corrected chi connectivity index (χ1v) is 10.1. The molecule has 0 unspecified atom stereocenters. The number of carbonyl (C=O) groups excluding carboxylic acids is 2. The number of benzene rings is 1. The Balaban J connectivity index is 1.82. The largest absolute Gasteiger partial charge is 0.469 e. The third kappa shape index (κ3) is 4.78. The first kappa shape index (κ1) is 21.3. The zero-order valence-corrected chi connectivity index (χ0v) is 17.2. The van der Waals surface area contributed by atoms with Crippen molar-refractivity contribution in [1.29, 1.82) is 0 Å². The number of hydrogen-bond donors (Lipinski definition) is 1. The van der Waals surface area contributed by atoms with Gasteiger partial charge in [-0.25, -0.2) is 4.39 Å².